The van der Waals surface area contributed by atoms with E-state index in [4.69, 9.17) is 9.47 Å². The lowest BCUT2D eigenvalue weighted by atomic mass is 10.0. The number of carbonyl (C=O) groups is 1. The third-order valence-electron chi connectivity index (χ3n) is 4.68. The Morgan fingerprint density at radius 1 is 1.00 bits per heavy atom. The van der Waals surface area contributed by atoms with Crippen molar-refractivity contribution in [2.75, 3.05) is 21.3 Å². The molecule has 2 aromatic carbocycles. The average Bonchev–Trinajstić information content (AvgIpc) is 2.66. The fourth-order valence-corrected chi connectivity index (χ4v) is 2.95. The zero-order valence-electron chi connectivity index (χ0n) is 16.4. The van der Waals surface area contributed by atoms with Crippen LogP contribution in [0.3, 0.4) is 0 Å². The summed E-state index contributed by atoms with van der Waals surface area (Å²) in [7, 11) is 5.06. The van der Waals surface area contributed by atoms with Gasteiger partial charge in [-0.05, 0) is 32.9 Å². The number of ether oxygens (including phenoxy) is 2. The lowest BCUT2D eigenvalue weighted by molar-refractivity contribution is 0.190. The van der Waals surface area contributed by atoms with Crippen LogP contribution in [0.2, 0.25) is 0 Å². The molecule has 2 atom stereocenters. The van der Waals surface area contributed by atoms with Gasteiger partial charge >= 0.3 is 6.03 Å². The lowest BCUT2D eigenvalue weighted by Crippen LogP contribution is -2.40. The van der Waals surface area contributed by atoms with Crippen molar-refractivity contribution < 1.29 is 14.3 Å². The minimum Gasteiger partial charge on any atom is -0.496 e. The van der Waals surface area contributed by atoms with E-state index < -0.39 is 0 Å². The molecule has 5 nitrogen and oxygen atoms in total. The van der Waals surface area contributed by atoms with E-state index in [9.17, 15) is 4.79 Å². The number of urea groups is 1. The minimum absolute atomic E-state index is 0.127. The Morgan fingerprint density at radius 2 is 1.62 bits per heavy atom. The maximum Gasteiger partial charge on any atom is 0.318 e. The van der Waals surface area contributed by atoms with Crippen LogP contribution < -0.4 is 14.8 Å². The van der Waals surface area contributed by atoms with Gasteiger partial charge in [0.05, 0.1) is 26.3 Å². The van der Waals surface area contributed by atoms with Crippen LogP contribution in [0.5, 0.6) is 11.5 Å². The molecule has 0 aliphatic heterocycles. The van der Waals surface area contributed by atoms with Gasteiger partial charge in [-0.1, -0.05) is 35.9 Å². The molecule has 0 heterocycles. The molecule has 0 radical (unpaired) electrons. The van der Waals surface area contributed by atoms with Crippen molar-refractivity contribution in [2.24, 2.45) is 0 Å². The second-order valence-electron chi connectivity index (χ2n) is 6.45. The number of carbonyl (C=O) groups excluding carboxylic acids is 1. The van der Waals surface area contributed by atoms with Gasteiger partial charge in [-0.3, -0.25) is 0 Å². The molecule has 140 valence electrons. The molecule has 0 bridgehead atoms. The third kappa shape index (κ3) is 4.28. The van der Waals surface area contributed by atoms with E-state index in [2.05, 4.69) is 5.32 Å². The van der Waals surface area contributed by atoms with E-state index in [1.165, 1.54) is 0 Å². The SMILES string of the molecule is COc1ccc(C)cc1C(C)NC(=O)N(C)C(C)c1ccccc1OC. The minimum atomic E-state index is -0.176. The first-order valence-electron chi connectivity index (χ1n) is 8.69. The second-order valence-corrected chi connectivity index (χ2v) is 6.45. The molecule has 2 aromatic rings. The summed E-state index contributed by atoms with van der Waals surface area (Å²) >= 11 is 0. The van der Waals surface area contributed by atoms with Gasteiger partial charge in [0.1, 0.15) is 11.5 Å². The summed E-state index contributed by atoms with van der Waals surface area (Å²) in [6.45, 7) is 5.96. The summed E-state index contributed by atoms with van der Waals surface area (Å²) in [5, 5.41) is 3.05. The number of nitrogens with zero attached hydrogens (tertiary/aromatic N) is 1. The van der Waals surface area contributed by atoms with Crippen molar-refractivity contribution >= 4 is 6.03 Å². The first-order valence-corrected chi connectivity index (χ1v) is 8.69. The Hall–Kier alpha value is -2.69. The van der Waals surface area contributed by atoms with Gasteiger partial charge in [0.25, 0.3) is 0 Å². The Bertz CT molecular complexity index is 761. The summed E-state index contributed by atoms with van der Waals surface area (Å²) < 4.78 is 10.8. The number of benzene rings is 2. The van der Waals surface area contributed by atoms with Crippen LogP contribution in [0.25, 0.3) is 0 Å². The summed E-state index contributed by atoms with van der Waals surface area (Å²) in [5.41, 5.74) is 3.05. The quantitative estimate of drug-likeness (QED) is 0.830. The molecule has 0 saturated heterocycles. The third-order valence-corrected chi connectivity index (χ3v) is 4.68. The van der Waals surface area contributed by atoms with Crippen molar-refractivity contribution in [3.63, 3.8) is 0 Å². The van der Waals surface area contributed by atoms with Gasteiger partial charge in [-0.15, -0.1) is 0 Å². The highest BCUT2D eigenvalue weighted by Crippen LogP contribution is 2.29. The Balaban J connectivity index is 2.15. The van der Waals surface area contributed by atoms with E-state index in [1.807, 2.05) is 63.2 Å². The zero-order valence-corrected chi connectivity index (χ0v) is 16.4. The highest BCUT2D eigenvalue weighted by Gasteiger charge is 2.22. The predicted molar refractivity (Wildman–Crippen MR) is 104 cm³/mol. The van der Waals surface area contributed by atoms with Crippen molar-refractivity contribution in [3.8, 4) is 11.5 Å². The fraction of sp³-hybridized carbons (Fsp3) is 0.381. The van der Waals surface area contributed by atoms with E-state index in [1.54, 1.807) is 26.2 Å². The van der Waals surface area contributed by atoms with Crippen LogP contribution in [0, 0.1) is 6.92 Å². The van der Waals surface area contributed by atoms with E-state index in [0.29, 0.717) is 0 Å². The molecule has 26 heavy (non-hydrogen) atoms. The van der Waals surface area contributed by atoms with Crippen LogP contribution >= 0.6 is 0 Å². The number of hydrogen-bond donors (Lipinski definition) is 1. The van der Waals surface area contributed by atoms with E-state index in [-0.39, 0.29) is 18.1 Å². The molecular formula is C21H28N2O3. The summed E-state index contributed by atoms with van der Waals surface area (Å²) in [4.78, 5) is 14.4. The van der Waals surface area contributed by atoms with Gasteiger partial charge < -0.3 is 19.7 Å². The number of methoxy groups -OCH3 is 2. The number of nitrogens with one attached hydrogen (secondary N) is 1. The maximum atomic E-state index is 12.8. The molecule has 0 fully saturated rings. The molecule has 0 aliphatic carbocycles. The van der Waals surface area contributed by atoms with Crippen LogP contribution in [-0.2, 0) is 0 Å². The summed E-state index contributed by atoms with van der Waals surface area (Å²) in [5.74, 6) is 1.54. The van der Waals surface area contributed by atoms with E-state index >= 15 is 0 Å². The maximum absolute atomic E-state index is 12.8. The molecule has 2 unspecified atom stereocenters. The molecule has 2 rings (SSSR count). The normalized spacial score (nSPS) is 12.8. The Morgan fingerprint density at radius 3 is 2.27 bits per heavy atom. The van der Waals surface area contributed by atoms with Gasteiger partial charge in [0.2, 0.25) is 0 Å². The monoisotopic (exact) mass is 356 g/mol. The molecular weight excluding hydrogens is 328 g/mol. The number of amides is 2. The first kappa shape index (κ1) is 19.6. The van der Waals surface area contributed by atoms with Gasteiger partial charge in [-0.2, -0.15) is 0 Å². The molecule has 2 amide bonds. The van der Waals surface area contributed by atoms with Gasteiger partial charge in [0, 0.05) is 18.2 Å². The smallest absolute Gasteiger partial charge is 0.318 e. The van der Waals surface area contributed by atoms with Gasteiger partial charge in [-0.25, -0.2) is 4.79 Å². The van der Waals surface area contributed by atoms with Crippen molar-refractivity contribution in [1.29, 1.82) is 0 Å². The highest BCUT2D eigenvalue weighted by atomic mass is 16.5. The molecule has 5 heteroatoms. The Kier molecular flexibility index (Phi) is 6.50. The zero-order chi connectivity index (χ0) is 19.3. The highest BCUT2D eigenvalue weighted by molar-refractivity contribution is 5.75. The van der Waals surface area contributed by atoms with Crippen molar-refractivity contribution in [1.82, 2.24) is 10.2 Å². The number of para-hydroxylation sites is 1. The van der Waals surface area contributed by atoms with Crippen LogP contribution in [0.15, 0.2) is 42.5 Å². The largest absolute Gasteiger partial charge is 0.496 e. The molecule has 0 aromatic heterocycles. The molecule has 1 N–H and O–H groups in total. The lowest BCUT2D eigenvalue weighted by Gasteiger charge is -2.28. The van der Waals surface area contributed by atoms with Crippen LogP contribution in [0.1, 0.15) is 42.6 Å². The average molecular weight is 356 g/mol. The van der Waals surface area contributed by atoms with Crippen LogP contribution in [0.4, 0.5) is 4.79 Å². The number of rotatable bonds is 6. The van der Waals surface area contributed by atoms with Crippen molar-refractivity contribution in [2.45, 2.75) is 32.9 Å². The molecule has 0 spiro atoms. The fourth-order valence-electron chi connectivity index (χ4n) is 2.95. The predicted octanol–water partition coefficient (Wildman–Crippen LogP) is 4.48. The van der Waals surface area contributed by atoms with Crippen molar-refractivity contribution in [3.05, 3.63) is 59.2 Å². The summed E-state index contributed by atoms with van der Waals surface area (Å²) in [6, 6.07) is 13.2. The van der Waals surface area contributed by atoms with Crippen LogP contribution in [-0.4, -0.2) is 32.2 Å². The second kappa shape index (κ2) is 8.61. The van der Waals surface area contributed by atoms with Gasteiger partial charge in [0.15, 0.2) is 0 Å². The number of aryl methyl sites for hydroxylation is 1. The molecule has 0 aliphatic rings. The molecule has 0 saturated carbocycles. The topological polar surface area (TPSA) is 50.8 Å². The summed E-state index contributed by atoms with van der Waals surface area (Å²) in [6.07, 6.45) is 0. The standard InChI is InChI=1S/C21H28N2O3/c1-14-11-12-20(26-6)18(13-14)15(2)22-21(24)23(4)16(3)17-9-7-8-10-19(17)25-5/h7-13,15-16H,1-6H3,(H,22,24). The van der Waals surface area contributed by atoms with E-state index in [0.717, 1.165) is 28.2 Å². The Labute approximate surface area is 155 Å². The number of hydrogen-bond acceptors (Lipinski definition) is 3. The first-order chi connectivity index (χ1) is 12.4.